The lowest BCUT2D eigenvalue weighted by Crippen LogP contribution is -2.54. The molecule has 2 aliphatic rings. The van der Waals surface area contributed by atoms with Gasteiger partial charge < -0.3 is 34.4 Å². The van der Waals surface area contributed by atoms with Crippen molar-refractivity contribution < 1.29 is 28.5 Å². The van der Waals surface area contributed by atoms with Gasteiger partial charge in [-0.2, -0.15) is 4.98 Å². The summed E-state index contributed by atoms with van der Waals surface area (Å²) in [5.74, 6) is 2.50. The van der Waals surface area contributed by atoms with Crippen LogP contribution in [0.3, 0.4) is 0 Å². The molecule has 0 bridgehead atoms. The van der Waals surface area contributed by atoms with E-state index in [2.05, 4.69) is 40.2 Å². The molecule has 0 unspecified atom stereocenters. The van der Waals surface area contributed by atoms with Gasteiger partial charge in [-0.1, -0.05) is 19.9 Å². The van der Waals surface area contributed by atoms with Crippen LogP contribution >= 0.6 is 0 Å². The van der Waals surface area contributed by atoms with Crippen LogP contribution in [0, 0.1) is 0 Å². The second-order valence-corrected chi connectivity index (χ2v) is 11.0. The van der Waals surface area contributed by atoms with Gasteiger partial charge in [0.2, 0.25) is 5.95 Å². The standard InChI is InChI=1S/C29H37FN6O5/c1-18(2)20-5-6-23(39-16-19-17-40-28(38)35(19)4)22-14-32-26(13-21(20)22)33-25-7-9-31-27(34-25)36-10-8-29(3,24(30)15-36)41-12-11-37/h5-7,9,13-14,18-19,24,37H,8,10-12,15-17H2,1-4H3,(H,31,32,33,34)/t19-,24+,29-/m1/s1. The van der Waals surface area contributed by atoms with Crippen LogP contribution in [0.15, 0.2) is 36.7 Å². The largest absolute Gasteiger partial charge is 0.491 e. The van der Waals surface area contributed by atoms with Gasteiger partial charge in [-0.15, -0.1) is 0 Å². The van der Waals surface area contributed by atoms with Crippen molar-refractivity contribution in [2.45, 2.75) is 50.9 Å². The van der Waals surface area contributed by atoms with Crippen molar-refractivity contribution in [1.82, 2.24) is 19.9 Å². The van der Waals surface area contributed by atoms with Crippen molar-refractivity contribution in [3.63, 3.8) is 0 Å². The summed E-state index contributed by atoms with van der Waals surface area (Å²) in [7, 11) is 1.70. The zero-order valence-corrected chi connectivity index (χ0v) is 23.8. The molecule has 220 valence electrons. The first-order valence-electron chi connectivity index (χ1n) is 13.9. The molecule has 2 aliphatic heterocycles. The number of anilines is 3. The van der Waals surface area contributed by atoms with E-state index in [1.807, 2.05) is 12.1 Å². The maximum absolute atomic E-state index is 15.0. The summed E-state index contributed by atoms with van der Waals surface area (Å²) < 4.78 is 31.9. The van der Waals surface area contributed by atoms with Crippen LogP contribution < -0.4 is 15.0 Å². The molecular formula is C29H37FN6O5. The quantitative estimate of drug-likeness (QED) is 0.371. The summed E-state index contributed by atoms with van der Waals surface area (Å²) in [5, 5.41) is 14.2. The van der Waals surface area contributed by atoms with Crippen LogP contribution in [-0.4, -0.2) is 95.4 Å². The number of fused-ring (bicyclic) bond motifs is 1. The average molecular weight is 569 g/mol. The molecule has 3 aromatic rings. The van der Waals surface area contributed by atoms with Gasteiger partial charge in [-0.3, -0.25) is 0 Å². The van der Waals surface area contributed by atoms with E-state index in [0.717, 1.165) is 16.3 Å². The number of likely N-dealkylation sites (N-methyl/N-ethyl adjacent to an activating group) is 1. The number of nitrogens with zero attached hydrogens (tertiary/aromatic N) is 5. The number of amides is 1. The average Bonchev–Trinajstić information content (AvgIpc) is 3.28. The molecule has 0 saturated carbocycles. The molecule has 2 aromatic heterocycles. The number of carbonyl (C=O) groups is 1. The number of alkyl halides is 1. The Hall–Kier alpha value is -3.77. The normalized spacial score (nSPS) is 22.9. The van der Waals surface area contributed by atoms with Crippen LogP contribution in [0.4, 0.5) is 26.8 Å². The predicted octanol–water partition coefficient (Wildman–Crippen LogP) is 4.04. The number of hydrogen-bond acceptors (Lipinski definition) is 10. The summed E-state index contributed by atoms with van der Waals surface area (Å²) in [6, 6.07) is 7.55. The molecule has 4 heterocycles. The lowest BCUT2D eigenvalue weighted by molar-refractivity contribution is -0.102. The zero-order valence-electron chi connectivity index (χ0n) is 23.8. The number of pyridine rings is 1. The lowest BCUT2D eigenvalue weighted by atomic mass is 9.91. The summed E-state index contributed by atoms with van der Waals surface area (Å²) >= 11 is 0. The Kier molecular flexibility index (Phi) is 8.41. The molecule has 12 heteroatoms. The number of halogens is 1. The molecule has 5 rings (SSSR count). The number of ether oxygens (including phenoxy) is 3. The number of aliphatic hydroxyl groups excluding tert-OH is 1. The fourth-order valence-corrected chi connectivity index (χ4v) is 5.13. The number of nitrogens with one attached hydrogen (secondary N) is 1. The minimum absolute atomic E-state index is 0.0943. The third-order valence-corrected chi connectivity index (χ3v) is 7.81. The number of rotatable bonds is 10. The minimum Gasteiger partial charge on any atom is -0.491 e. The van der Waals surface area contributed by atoms with Gasteiger partial charge in [-0.05, 0) is 48.4 Å². The number of piperidine rings is 1. The number of aromatic nitrogens is 3. The van der Waals surface area contributed by atoms with Gasteiger partial charge in [0.1, 0.15) is 48.4 Å². The SMILES string of the molecule is CC(C)c1ccc(OC[C@@H]2COC(=O)N2C)c2cnc(Nc3ccnc(N4CC[C@@](C)(OCCO)[C@@H](F)C4)n3)cc12. The first-order valence-corrected chi connectivity index (χ1v) is 13.9. The van der Waals surface area contributed by atoms with Crippen LogP contribution in [0.5, 0.6) is 5.75 Å². The van der Waals surface area contributed by atoms with E-state index in [0.29, 0.717) is 49.5 Å². The molecule has 2 saturated heterocycles. The van der Waals surface area contributed by atoms with Gasteiger partial charge in [0, 0.05) is 31.4 Å². The van der Waals surface area contributed by atoms with Crippen molar-refractivity contribution >= 4 is 34.4 Å². The van der Waals surface area contributed by atoms with Gasteiger partial charge in [-0.25, -0.2) is 19.2 Å². The minimum atomic E-state index is -1.25. The van der Waals surface area contributed by atoms with Gasteiger partial charge >= 0.3 is 6.09 Å². The molecule has 1 aromatic carbocycles. The Morgan fingerprint density at radius 1 is 1.24 bits per heavy atom. The van der Waals surface area contributed by atoms with Crippen LogP contribution in [0.25, 0.3) is 10.8 Å². The first kappa shape index (κ1) is 28.7. The van der Waals surface area contributed by atoms with Crippen LogP contribution in [0.1, 0.15) is 38.7 Å². The number of benzene rings is 1. The monoisotopic (exact) mass is 568 g/mol. The molecule has 3 atom stereocenters. The molecule has 2 fully saturated rings. The Balaban J connectivity index is 1.33. The van der Waals surface area contributed by atoms with Crippen LogP contribution in [0.2, 0.25) is 0 Å². The maximum atomic E-state index is 15.0. The zero-order chi connectivity index (χ0) is 29.1. The molecule has 0 radical (unpaired) electrons. The number of cyclic esters (lactones) is 1. The smallest absolute Gasteiger partial charge is 0.410 e. The Morgan fingerprint density at radius 2 is 2.07 bits per heavy atom. The number of aliphatic hydroxyl groups is 1. The highest BCUT2D eigenvalue weighted by molar-refractivity contribution is 5.92. The van der Waals surface area contributed by atoms with E-state index in [4.69, 9.17) is 19.3 Å². The molecule has 0 spiro atoms. The van der Waals surface area contributed by atoms with Crippen molar-refractivity contribution in [2.24, 2.45) is 0 Å². The highest BCUT2D eigenvalue weighted by atomic mass is 19.1. The van der Waals surface area contributed by atoms with Crippen molar-refractivity contribution in [3.8, 4) is 5.75 Å². The Bertz CT molecular complexity index is 1390. The molecule has 11 nitrogen and oxygen atoms in total. The van der Waals surface area contributed by atoms with E-state index in [1.165, 1.54) is 0 Å². The van der Waals surface area contributed by atoms with E-state index in [-0.39, 0.29) is 37.8 Å². The molecule has 2 N–H and O–H groups in total. The van der Waals surface area contributed by atoms with Gasteiger partial charge in [0.15, 0.2) is 0 Å². The summed E-state index contributed by atoms with van der Waals surface area (Å²) in [5.41, 5.74) is 0.199. The first-order chi connectivity index (χ1) is 19.7. The van der Waals surface area contributed by atoms with Gasteiger partial charge in [0.25, 0.3) is 0 Å². The second kappa shape index (κ2) is 12.0. The Morgan fingerprint density at radius 3 is 2.78 bits per heavy atom. The molecular weight excluding hydrogens is 531 g/mol. The maximum Gasteiger partial charge on any atom is 0.410 e. The van der Waals surface area contributed by atoms with E-state index >= 15 is 4.39 Å². The third-order valence-electron chi connectivity index (χ3n) is 7.81. The summed E-state index contributed by atoms with van der Waals surface area (Å²) in [4.78, 5) is 28.6. The topological polar surface area (TPSA) is 122 Å². The van der Waals surface area contributed by atoms with Crippen molar-refractivity contribution in [1.29, 1.82) is 0 Å². The summed E-state index contributed by atoms with van der Waals surface area (Å²) in [6.07, 6.45) is 2.25. The predicted molar refractivity (Wildman–Crippen MR) is 153 cm³/mol. The third kappa shape index (κ3) is 6.13. The van der Waals surface area contributed by atoms with E-state index in [9.17, 15) is 4.79 Å². The van der Waals surface area contributed by atoms with E-state index in [1.54, 1.807) is 42.2 Å². The lowest BCUT2D eigenvalue weighted by Gasteiger charge is -2.41. The second-order valence-electron chi connectivity index (χ2n) is 11.0. The highest BCUT2D eigenvalue weighted by Gasteiger charge is 2.41. The van der Waals surface area contributed by atoms with E-state index < -0.39 is 11.8 Å². The molecule has 41 heavy (non-hydrogen) atoms. The fraction of sp³-hybridized carbons (Fsp3) is 0.517. The van der Waals surface area contributed by atoms with Crippen LogP contribution in [-0.2, 0) is 9.47 Å². The van der Waals surface area contributed by atoms with Crippen molar-refractivity contribution in [2.75, 3.05) is 56.8 Å². The molecule has 1 amide bonds. The Labute approximate surface area is 238 Å². The van der Waals surface area contributed by atoms with Gasteiger partial charge in [0.05, 0.1) is 19.8 Å². The summed E-state index contributed by atoms with van der Waals surface area (Å²) in [6.45, 7) is 7.18. The highest BCUT2D eigenvalue weighted by Crippen LogP contribution is 2.35. The van der Waals surface area contributed by atoms with Crippen molar-refractivity contribution in [3.05, 3.63) is 42.2 Å². The fourth-order valence-electron chi connectivity index (χ4n) is 5.13. The number of hydrogen-bond donors (Lipinski definition) is 2. The molecule has 0 aliphatic carbocycles. The number of carbonyl (C=O) groups excluding carboxylic acids is 1.